The highest BCUT2D eigenvalue weighted by Gasteiger charge is 2.20. The van der Waals surface area contributed by atoms with Gasteiger partial charge in [-0.05, 0) is 6.92 Å². The molecule has 0 amide bonds. The van der Waals surface area contributed by atoms with E-state index >= 15 is 0 Å². The molecule has 1 aromatic heterocycles. The fourth-order valence-corrected chi connectivity index (χ4v) is 1.39. The topological polar surface area (TPSA) is 51.0 Å². The second-order valence-corrected chi connectivity index (χ2v) is 3.01. The Bertz CT molecular complexity index is 379. The minimum atomic E-state index is 0.523. The molecule has 0 fully saturated rings. The van der Waals surface area contributed by atoms with Crippen molar-refractivity contribution in [2.45, 2.75) is 13.5 Å². The van der Waals surface area contributed by atoms with Gasteiger partial charge in [0.1, 0.15) is 12.6 Å². The molecule has 0 bridgehead atoms. The van der Waals surface area contributed by atoms with Gasteiger partial charge in [0.05, 0.1) is 6.54 Å². The standard InChI is InChI=1S/C8H10N4O/c1-6-7(4-13)3-12-8(11(6)2)9-5-10-12/h4-5H,3H2,1-2H3. The Morgan fingerprint density at radius 2 is 2.38 bits per heavy atom. The molecular formula is C8H10N4O. The summed E-state index contributed by atoms with van der Waals surface area (Å²) in [7, 11) is 1.87. The number of hydrogen-bond acceptors (Lipinski definition) is 4. The number of aldehydes is 1. The zero-order valence-electron chi connectivity index (χ0n) is 7.56. The van der Waals surface area contributed by atoms with Crippen molar-refractivity contribution < 1.29 is 4.79 Å². The van der Waals surface area contributed by atoms with Crippen LogP contribution in [-0.4, -0.2) is 28.1 Å². The van der Waals surface area contributed by atoms with E-state index in [9.17, 15) is 4.79 Å². The fourth-order valence-electron chi connectivity index (χ4n) is 1.39. The summed E-state index contributed by atoms with van der Waals surface area (Å²) in [5, 5.41) is 4.01. The number of anilines is 1. The first-order chi connectivity index (χ1) is 6.24. The average Bonchev–Trinajstić information content (AvgIpc) is 2.59. The number of hydrogen-bond donors (Lipinski definition) is 0. The van der Waals surface area contributed by atoms with Crippen LogP contribution in [0.25, 0.3) is 0 Å². The van der Waals surface area contributed by atoms with Crippen molar-refractivity contribution in [1.82, 2.24) is 14.8 Å². The van der Waals surface area contributed by atoms with E-state index in [1.165, 1.54) is 6.33 Å². The minimum absolute atomic E-state index is 0.523. The van der Waals surface area contributed by atoms with Crippen LogP contribution in [-0.2, 0) is 11.3 Å². The van der Waals surface area contributed by atoms with E-state index in [2.05, 4.69) is 10.1 Å². The van der Waals surface area contributed by atoms with Gasteiger partial charge in [-0.3, -0.25) is 4.79 Å². The molecule has 5 heteroatoms. The average molecular weight is 178 g/mol. The van der Waals surface area contributed by atoms with E-state index in [1.54, 1.807) is 4.68 Å². The van der Waals surface area contributed by atoms with Crippen molar-refractivity contribution in [1.29, 1.82) is 0 Å². The first-order valence-corrected chi connectivity index (χ1v) is 4.00. The molecule has 0 saturated carbocycles. The first-order valence-electron chi connectivity index (χ1n) is 4.00. The van der Waals surface area contributed by atoms with Crippen LogP contribution in [0.1, 0.15) is 6.92 Å². The molecule has 2 heterocycles. The summed E-state index contributed by atoms with van der Waals surface area (Å²) in [5.74, 6) is 0.781. The summed E-state index contributed by atoms with van der Waals surface area (Å²) >= 11 is 0. The smallest absolute Gasteiger partial charge is 0.228 e. The van der Waals surface area contributed by atoms with Crippen molar-refractivity contribution in [3.8, 4) is 0 Å². The minimum Gasteiger partial charge on any atom is -0.317 e. The lowest BCUT2D eigenvalue weighted by Gasteiger charge is -2.25. The monoisotopic (exact) mass is 178 g/mol. The molecule has 1 aromatic rings. The van der Waals surface area contributed by atoms with Gasteiger partial charge in [0, 0.05) is 18.3 Å². The maximum Gasteiger partial charge on any atom is 0.228 e. The van der Waals surface area contributed by atoms with E-state index in [0.29, 0.717) is 6.54 Å². The Morgan fingerprint density at radius 1 is 1.62 bits per heavy atom. The predicted octanol–water partition coefficient (Wildman–Crippen LogP) is 0.201. The molecule has 0 aliphatic carbocycles. The Kier molecular flexibility index (Phi) is 1.65. The number of carbonyl (C=O) groups excluding carboxylic acids is 1. The van der Waals surface area contributed by atoms with Gasteiger partial charge in [-0.2, -0.15) is 10.1 Å². The van der Waals surface area contributed by atoms with Crippen LogP contribution in [0.4, 0.5) is 5.95 Å². The molecule has 0 N–H and O–H groups in total. The molecule has 2 rings (SSSR count). The molecule has 0 saturated heterocycles. The van der Waals surface area contributed by atoms with E-state index in [1.807, 2.05) is 18.9 Å². The normalized spacial score (nSPS) is 16.0. The van der Waals surface area contributed by atoms with Crippen LogP contribution in [0, 0.1) is 0 Å². The predicted molar refractivity (Wildman–Crippen MR) is 47.2 cm³/mol. The van der Waals surface area contributed by atoms with Crippen LogP contribution in [0.3, 0.4) is 0 Å². The molecule has 0 atom stereocenters. The van der Waals surface area contributed by atoms with Crippen LogP contribution in [0.5, 0.6) is 0 Å². The molecule has 0 radical (unpaired) electrons. The van der Waals surface area contributed by atoms with Gasteiger partial charge in [0.2, 0.25) is 5.95 Å². The Morgan fingerprint density at radius 3 is 3.08 bits per heavy atom. The highest BCUT2D eigenvalue weighted by Crippen LogP contribution is 2.22. The van der Waals surface area contributed by atoms with Crippen molar-refractivity contribution in [3.05, 3.63) is 17.6 Å². The van der Waals surface area contributed by atoms with Gasteiger partial charge < -0.3 is 4.90 Å². The molecule has 0 spiro atoms. The lowest BCUT2D eigenvalue weighted by Crippen LogP contribution is -2.27. The van der Waals surface area contributed by atoms with Gasteiger partial charge in [0.25, 0.3) is 0 Å². The maximum absolute atomic E-state index is 10.7. The second kappa shape index (κ2) is 2.69. The molecule has 1 aliphatic heterocycles. The van der Waals surface area contributed by atoms with Crippen LogP contribution in [0.2, 0.25) is 0 Å². The number of carbonyl (C=O) groups is 1. The summed E-state index contributed by atoms with van der Waals surface area (Å²) in [5.41, 5.74) is 1.69. The first kappa shape index (κ1) is 7.97. The lowest BCUT2D eigenvalue weighted by atomic mass is 10.2. The summed E-state index contributed by atoms with van der Waals surface area (Å²) in [6.45, 7) is 2.43. The van der Waals surface area contributed by atoms with Crippen LogP contribution >= 0.6 is 0 Å². The molecule has 0 aromatic carbocycles. The molecular weight excluding hydrogens is 168 g/mol. The van der Waals surface area contributed by atoms with Gasteiger partial charge in [-0.1, -0.05) is 0 Å². The van der Waals surface area contributed by atoms with Gasteiger partial charge in [-0.15, -0.1) is 0 Å². The quantitative estimate of drug-likeness (QED) is 0.576. The van der Waals surface area contributed by atoms with Crippen molar-refractivity contribution in [3.63, 3.8) is 0 Å². The highest BCUT2D eigenvalue weighted by atomic mass is 16.1. The number of aromatic nitrogens is 3. The Balaban J connectivity index is 2.49. The number of nitrogens with zero attached hydrogens (tertiary/aromatic N) is 4. The molecule has 5 nitrogen and oxygen atoms in total. The summed E-state index contributed by atoms with van der Waals surface area (Å²) in [6, 6.07) is 0. The number of fused-ring (bicyclic) bond motifs is 1. The molecule has 0 unspecified atom stereocenters. The van der Waals surface area contributed by atoms with E-state index in [4.69, 9.17) is 0 Å². The fraction of sp³-hybridized carbons (Fsp3) is 0.375. The largest absolute Gasteiger partial charge is 0.317 e. The van der Waals surface area contributed by atoms with Crippen LogP contribution < -0.4 is 4.90 Å². The third kappa shape index (κ3) is 1.04. The zero-order chi connectivity index (χ0) is 9.42. The summed E-state index contributed by atoms with van der Waals surface area (Å²) in [6.07, 6.45) is 2.36. The Hall–Kier alpha value is -1.65. The summed E-state index contributed by atoms with van der Waals surface area (Å²) < 4.78 is 1.71. The molecule has 68 valence electrons. The molecule has 13 heavy (non-hydrogen) atoms. The van der Waals surface area contributed by atoms with Gasteiger partial charge >= 0.3 is 0 Å². The number of allylic oxidation sites excluding steroid dienone is 2. The lowest BCUT2D eigenvalue weighted by molar-refractivity contribution is -0.105. The highest BCUT2D eigenvalue weighted by molar-refractivity contribution is 5.76. The number of rotatable bonds is 1. The molecule has 1 aliphatic rings. The maximum atomic E-state index is 10.7. The third-order valence-electron chi connectivity index (χ3n) is 2.33. The second-order valence-electron chi connectivity index (χ2n) is 3.01. The zero-order valence-corrected chi connectivity index (χ0v) is 7.56. The van der Waals surface area contributed by atoms with Crippen molar-refractivity contribution in [2.24, 2.45) is 0 Å². The van der Waals surface area contributed by atoms with E-state index < -0.39 is 0 Å². The van der Waals surface area contributed by atoms with Gasteiger partial charge in [-0.25, -0.2) is 4.68 Å². The van der Waals surface area contributed by atoms with E-state index in [0.717, 1.165) is 23.5 Å². The summed E-state index contributed by atoms with van der Waals surface area (Å²) in [4.78, 5) is 16.6. The van der Waals surface area contributed by atoms with Crippen LogP contribution in [0.15, 0.2) is 17.6 Å². The van der Waals surface area contributed by atoms with E-state index in [-0.39, 0.29) is 0 Å². The van der Waals surface area contributed by atoms with Crippen molar-refractivity contribution in [2.75, 3.05) is 11.9 Å². The third-order valence-corrected chi connectivity index (χ3v) is 2.33. The van der Waals surface area contributed by atoms with Gasteiger partial charge in [0.15, 0.2) is 0 Å². The Labute approximate surface area is 75.7 Å². The van der Waals surface area contributed by atoms with Crippen molar-refractivity contribution >= 4 is 12.2 Å². The SMILES string of the molecule is CC1=C(C=O)Cn2ncnc2N1C.